The summed E-state index contributed by atoms with van der Waals surface area (Å²) in [5, 5.41) is 1.75. The SMILES string of the molecule is Cn1c(N)c(C(=O)COC(=O)c2csc3c2CCCC3)c(=O)[nH]c1=O. The average molecular weight is 363 g/mol. The van der Waals surface area contributed by atoms with Gasteiger partial charge in [0.15, 0.2) is 6.61 Å². The molecular weight excluding hydrogens is 346 g/mol. The van der Waals surface area contributed by atoms with Gasteiger partial charge in [-0.2, -0.15) is 0 Å². The van der Waals surface area contributed by atoms with E-state index in [2.05, 4.69) is 0 Å². The van der Waals surface area contributed by atoms with E-state index in [0.29, 0.717) is 5.56 Å². The third-order valence-electron chi connectivity index (χ3n) is 4.26. The summed E-state index contributed by atoms with van der Waals surface area (Å²) in [5.74, 6) is -1.61. The van der Waals surface area contributed by atoms with E-state index in [1.54, 1.807) is 5.38 Å². The fraction of sp³-hybridized carbons (Fsp3) is 0.375. The third kappa shape index (κ3) is 3.14. The van der Waals surface area contributed by atoms with Gasteiger partial charge in [0.2, 0.25) is 5.78 Å². The predicted molar refractivity (Wildman–Crippen MR) is 92.3 cm³/mol. The van der Waals surface area contributed by atoms with Gasteiger partial charge in [0, 0.05) is 17.3 Å². The van der Waals surface area contributed by atoms with Gasteiger partial charge < -0.3 is 10.5 Å². The van der Waals surface area contributed by atoms with Crippen molar-refractivity contribution in [3.05, 3.63) is 47.8 Å². The highest BCUT2D eigenvalue weighted by Gasteiger charge is 2.23. The number of aromatic amines is 1. The number of aromatic nitrogens is 2. The first kappa shape index (κ1) is 17.2. The topological polar surface area (TPSA) is 124 Å². The van der Waals surface area contributed by atoms with Crippen molar-refractivity contribution >= 4 is 28.9 Å². The number of anilines is 1. The number of carbonyl (C=O) groups is 2. The molecule has 0 saturated carbocycles. The van der Waals surface area contributed by atoms with Crippen LogP contribution in [0.4, 0.5) is 5.82 Å². The molecule has 2 aromatic heterocycles. The molecule has 0 atom stereocenters. The largest absolute Gasteiger partial charge is 0.454 e. The molecule has 0 radical (unpaired) electrons. The van der Waals surface area contributed by atoms with Gasteiger partial charge in [-0.15, -0.1) is 11.3 Å². The lowest BCUT2D eigenvalue weighted by atomic mass is 9.96. The van der Waals surface area contributed by atoms with Crippen LogP contribution >= 0.6 is 11.3 Å². The lowest BCUT2D eigenvalue weighted by Gasteiger charge is -2.12. The number of hydrogen-bond acceptors (Lipinski definition) is 7. The quantitative estimate of drug-likeness (QED) is 0.607. The van der Waals surface area contributed by atoms with E-state index in [0.717, 1.165) is 35.8 Å². The van der Waals surface area contributed by atoms with E-state index in [1.165, 1.54) is 23.3 Å². The zero-order valence-electron chi connectivity index (χ0n) is 13.6. The second-order valence-corrected chi connectivity index (χ2v) is 6.80. The molecule has 8 nitrogen and oxygen atoms in total. The predicted octanol–water partition coefficient (Wildman–Crippen LogP) is 0.636. The molecule has 1 aliphatic rings. The van der Waals surface area contributed by atoms with E-state index < -0.39 is 29.6 Å². The maximum atomic E-state index is 12.3. The van der Waals surface area contributed by atoms with E-state index in [4.69, 9.17) is 10.5 Å². The van der Waals surface area contributed by atoms with Crippen molar-refractivity contribution in [3.8, 4) is 0 Å². The summed E-state index contributed by atoms with van der Waals surface area (Å²) in [6.07, 6.45) is 3.91. The number of rotatable bonds is 4. The molecule has 3 N–H and O–H groups in total. The first-order chi connectivity index (χ1) is 11.9. The molecule has 0 saturated heterocycles. The number of ether oxygens (including phenoxy) is 1. The summed E-state index contributed by atoms with van der Waals surface area (Å²) < 4.78 is 6.02. The van der Waals surface area contributed by atoms with Crippen LogP contribution in [0.5, 0.6) is 0 Å². The molecule has 0 spiro atoms. The number of carbonyl (C=O) groups excluding carboxylic acids is 2. The second-order valence-electron chi connectivity index (χ2n) is 5.84. The summed E-state index contributed by atoms with van der Waals surface area (Å²) >= 11 is 1.52. The lowest BCUT2D eigenvalue weighted by molar-refractivity contribution is 0.0473. The first-order valence-electron chi connectivity index (χ1n) is 7.78. The number of esters is 1. The van der Waals surface area contributed by atoms with E-state index >= 15 is 0 Å². The van der Waals surface area contributed by atoms with Crippen molar-refractivity contribution in [1.29, 1.82) is 0 Å². The van der Waals surface area contributed by atoms with E-state index in [9.17, 15) is 19.2 Å². The van der Waals surface area contributed by atoms with Crippen LogP contribution in [-0.4, -0.2) is 27.9 Å². The third-order valence-corrected chi connectivity index (χ3v) is 5.35. The molecule has 132 valence electrons. The number of hydrogen-bond donors (Lipinski definition) is 2. The number of fused-ring (bicyclic) bond motifs is 1. The van der Waals surface area contributed by atoms with Gasteiger partial charge in [0.25, 0.3) is 5.56 Å². The zero-order valence-corrected chi connectivity index (χ0v) is 14.4. The highest BCUT2D eigenvalue weighted by atomic mass is 32.1. The molecule has 2 aromatic rings. The molecule has 0 aromatic carbocycles. The molecule has 3 rings (SSSR count). The van der Waals surface area contributed by atoms with Crippen molar-refractivity contribution < 1.29 is 14.3 Å². The number of nitrogen functional groups attached to an aromatic ring is 1. The lowest BCUT2D eigenvalue weighted by Crippen LogP contribution is -2.35. The Bertz CT molecular complexity index is 969. The standard InChI is InChI=1S/C16H17N3O5S/c1-19-13(17)12(14(21)18-16(19)23)10(20)6-24-15(22)9-7-25-11-5-3-2-4-8(9)11/h7H,2-6,17H2,1H3,(H,18,21,23). The summed E-state index contributed by atoms with van der Waals surface area (Å²) in [4.78, 5) is 50.9. The Morgan fingerprint density at radius 1 is 1.32 bits per heavy atom. The maximum absolute atomic E-state index is 12.3. The summed E-state index contributed by atoms with van der Waals surface area (Å²) in [6, 6.07) is 0. The first-order valence-corrected chi connectivity index (χ1v) is 8.66. The highest BCUT2D eigenvalue weighted by Crippen LogP contribution is 2.30. The number of nitrogens with one attached hydrogen (secondary N) is 1. The molecule has 9 heteroatoms. The summed E-state index contributed by atoms with van der Waals surface area (Å²) in [6.45, 7) is -0.616. The zero-order chi connectivity index (χ0) is 18.1. The Morgan fingerprint density at radius 3 is 2.80 bits per heavy atom. The molecule has 25 heavy (non-hydrogen) atoms. The molecule has 1 aliphatic carbocycles. The van der Waals surface area contributed by atoms with Crippen molar-refractivity contribution in [1.82, 2.24) is 9.55 Å². The van der Waals surface area contributed by atoms with Gasteiger partial charge in [0.05, 0.1) is 5.56 Å². The minimum atomic E-state index is -0.894. The van der Waals surface area contributed by atoms with Crippen molar-refractivity contribution in [2.75, 3.05) is 12.3 Å². The Hall–Kier alpha value is -2.68. The van der Waals surface area contributed by atoms with Crippen LogP contribution in [-0.2, 0) is 24.6 Å². The van der Waals surface area contributed by atoms with Crippen LogP contribution in [0.2, 0.25) is 0 Å². The monoisotopic (exact) mass is 363 g/mol. The Morgan fingerprint density at radius 2 is 2.04 bits per heavy atom. The normalized spacial score (nSPS) is 13.3. The fourth-order valence-corrected chi connectivity index (χ4v) is 3.97. The average Bonchev–Trinajstić information content (AvgIpc) is 3.02. The van der Waals surface area contributed by atoms with Crippen LogP contribution in [0.15, 0.2) is 15.0 Å². The number of thiophene rings is 1. The minimum absolute atomic E-state index is 0.261. The molecule has 0 bridgehead atoms. The molecule has 0 unspecified atom stereocenters. The van der Waals surface area contributed by atoms with Gasteiger partial charge >= 0.3 is 11.7 Å². The molecular formula is C16H17N3O5S. The molecule has 2 heterocycles. The minimum Gasteiger partial charge on any atom is -0.454 e. The van der Waals surface area contributed by atoms with E-state index in [-0.39, 0.29) is 11.4 Å². The number of nitrogens with two attached hydrogens (primary N) is 1. The van der Waals surface area contributed by atoms with Crippen LogP contribution in [0.25, 0.3) is 0 Å². The second kappa shape index (κ2) is 6.67. The van der Waals surface area contributed by atoms with E-state index in [1.807, 2.05) is 4.98 Å². The van der Waals surface area contributed by atoms with Crippen LogP contribution in [0, 0.1) is 0 Å². The Balaban J connectivity index is 1.76. The van der Waals surface area contributed by atoms with Gasteiger partial charge in [-0.05, 0) is 31.2 Å². The smallest absolute Gasteiger partial charge is 0.339 e. The number of nitrogens with zero attached hydrogens (tertiary/aromatic N) is 1. The number of H-pyrrole nitrogens is 1. The maximum Gasteiger partial charge on any atom is 0.339 e. The Labute approximate surface area is 146 Å². The number of Topliss-reactive ketones (excluding diaryl/α,β-unsaturated/α-hetero) is 1. The van der Waals surface area contributed by atoms with Gasteiger partial charge in [-0.25, -0.2) is 9.59 Å². The van der Waals surface area contributed by atoms with Crippen LogP contribution in [0.1, 0.15) is 44.0 Å². The number of ketones is 1. The highest BCUT2D eigenvalue weighted by molar-refractivity contribution is 7.10. The molecule has 0 fully saturated rings. The molecule has 0 amide bonds. The van der Waals surface area contributed by atoms with Gasteiger partial charge in [-0.1, -0.05) is 0 Å². The van der Waals surface area contributed by atoms with Crippen molar-refractivity contribution in [3.63, 3.8) is 0 Å². The van der Waals surface area contributed by atoms with Crippen LogP contribution in [0.3, 0.4) is 0 Å². The van der Waals surface area contributed by atoms with Crippen LogP contribution < -0.4 is 17.0 Å². The van der Waals surface area contributed by atoms with Crippen molar-refractivity contribution in [2.45, 2.75) is 25.7 Å². The fourth-order valence-electron chi connectivity index (χ4n) is 2.85. The summed E-state index contributed by atoms with van der Waals surface area (Å²) in [7, 11) is 1.33. The summed E-state index contributed by atoms with van der Waals surface area (Å²) in [5.41, 5.74) is 5.13. The molecule has 0 aliphatic heterocycles. The van der Waals surface area contributed by atoms with Gasteiger partial charge in [-0.3, -0.25) is 19.1 Å². The Kier molecular flexibility index (Phi) is 4.58. The van der Waals surface area contributed by atoms with Gasteiger partial charge in [0.1, 0.15) is 11.4 Å². The number of aryl methyl sites for hydroxylation is 1. The van der Waals surface area contributed by atoms with Crippen molar-refractivity contribution in [2.24, 2.45) is 7.05 Å².